The summed E-state index contributed by atoms with van der Waals surface area (Å²) in [5.41, 5.74) is 3.12. The van der Waals surface area contributed by atoms with Gasteiger partial charge in [0.05, 0.1) is 34.7 Å². The summed E-state index contributed by atoms with van der Waals surface area (Å²) in [5, 5.41) is 13.7. The van der Waals surface area contributed by atoms with Crippen LogP contribution in [0.4, 0.5) is 10.5 Å². The molecule has 0 aliphatic carbocycles. The highest BCUT2D eigenvalue weighted by Gasteiger charge is 2.35. The molecular formula is C24H24N8O. The summed E-state index contributed by atoms with van der Waals surface area (Å²) in [7, 11) is 2.09. The van der Waals surface area contributed by atoms with E-state index in [2.05, 4.69) is 33.3 Å². The van der Waals surface area contributed by atoms with E-state index >= 15 is 0 Å². The van der Waals surface area contributed by atoms with Gasteiger partial charge in [0.15, 0.2) is 0 Å². The zero-order chi connectivity index (χ0) is 22.8. The molecule has 9 heteroatoms. The molecule has 166 valence electrons. The Morgan fingerprint density at radius 3 is 2.79 bits per heavy atom. The predicted molar refractivity (Wildman–Crippen MR) is 125 cm³/mol. The number of nitrogens with one attached hydrogen (secondary N) is 2. The van der Waals surface area contributed by atoms with Crippen LogP contribution >= 0.6 is 0 Å². The van der Waals surface area contributed by atoms with Crippen LogP contribution in [0.25, 0.3) is 11.0 Å². The molecule has 0 saturated carbocycles. The molecule has 33 heavy (non-hydrogen) atoms. The van der Waals surface area contributed by atoms with Gasteiger partial charge in [0.1, 0.15) is 12.2 Å². The normalized spacial score (nSPS) is 18.7. The molecule has 1 saturated heterocycles. The van der Waals surface area contributed by atoms with Crippen molar-refractivity contribution in [1.29, 1.82) is 5.26 Å². The summed E-state index contributed by atoms with van der Waals surface area (Å²) in [4.78, 5) is 28.1. The van der Waals surface area contributed by atoms with Crippen LogP contribution in [0.5, 0.6) is 0 Å². The van der Waals surface area contributed by atoms with E-state index in [1.165, 1.54) is 0 Å². The number of anilines is 1. The molecule has 1 aliphatic rings. The number of benzene rings is 2. The van der Waals surface area contributed by atoms with Gasteiger partial charge in [0.2, 0.25) is 0 Å². The summed E-state index contributed by atoms with van der Waals surface area (Å²) >= 11 is 0. The fraction of sp³-hybridized carbons (Fsp3) is 0.250. The third kappa shape index (κ3) is 4.16. The van der Waals surface area contributed by atoms with E-state index in [4.69, 9.17) is 10.2 Å². The number of likely N-dealkylation sites (tertiary alicyclic amines) is 1. The number of H-pyrrole nitrogens is 1. The number of aromatic amines is 1. The molecule has 2 N–H and O–H groups in total. The first-order valence-corrected chi connectivity index (χ1v) is 10.9. The maximum absolute atomic E-state index is 13.4. The Morgan fingerprint density at radius 1 is 1.24 bits per heavy atom. The van der Waals surface area contributed by atoms with E-state index in [0.29, 0.717) is 11.3 Å². The molecule has 2 atom stereocenters. The van der Waals surface area contributed by atoms with E-state index in [1.54, 1.807) is 52.7 Å². The second kappa shape index (κ2) is 8.76. The lowest BCUT2D eigenvalue weighted by Gasteiger charge is -2.41. The zero-order valence-corrected chi connectivity index (χ0v) is 18.2. The van der Waals surface area contributed by atoms with Gasteiger partial charge in [-0.2, -0.15) is 5.26 Å². The molecule has 3 heterocycles. The number of hydrogen-bond donors (Lipinski definition) is 2. The quantitative estimate of drug-likeness (QED) is 0.504. The highest BCUT2D eigenvalue weighted by molar-refractivity contribution is 5.97. The Kier molecular flexibility index (Phi) is 5.50. The van der Waals surface area contributed by atoms with Crippen LogP contribution in [0.1, 0.15) is 30.3 Å². The summed E-state index contributed by atoms with van der Waals surface area (Å²) in [6, 6.07) is 16.6. The van der Waals surface area contributed by atoms with Crippen molar-refractivity contribution in [1.82, 2.24) is 24.5 Å². The third-order valence-electron chi connectivity index (χ3n) is 6.12. The van der Waals surface area contributed by atoms with Crippen molar-refractivity contribution in [3.63, 3.8) is 0 Å². The van der Waals surface area contributed by atoms with E-state index in [-0.39, 0.29) is 18.1 Å². The van der Waals surface area contributed by atoms with Crippen LogP contribution in [0.2, 0.25) is 0 Å². The number of fused-ring (bicyclic) bond motifs is 1. The van der Waals surface area contributed by atoms with Crippen LogP contribution in [-0.2, 0) is 0 Å². The number of urea groups is 1. The van der Waals surface area contributed by atoms with Gasteiger partial charge in [0.25, 0.3) is 0 Å². The maximum Gasteiger partial charge on any atom is 0.341 e. The zero-order valence-electron chi connectivity index (χ0n) is 18.2. The standard InChI is InChI=1S/C24H24N8O/c1-30-12-10-19(14-22(30)23-28-20-4-2-3-5-21(20)29-23)32(31-13-11-26-16-31)24(33)27-18-8-6-17(15-25)7-9-18/h2-9,11,13,16,19,22H,10,12,14H2,1H3,(H,27,33)(H,28,29)/t19-,22-/m1/s1. The minimum absolute atomic E-state index is 0.0462. The molecule has 4 aromatic rings. The van der Waals surface area contributed by atoms with Crippen molar-refractivity contribution in [2.75, 3.05) is 23.9 Å². The van der Waals surface area contributed by atoms with Crippen LogP contribution in [0.3, 0.4) is 0 Å². The van der Waals surface area contributed by atoms with Crippen molar-refractivity contribution in [2.45, 2.75) is 24.9 Å². The number of nitrogens with zero attached hydrogens (tertiary/aromatic N) is 6. The molecule has 0 unspecified atom stereocenters. The number of piperidine rings is 1. The van der Waals surface area contributed by atoms with E-state index in [0.717, 1.165) is 36.2 Å². The van der Waals surface area contributed by atoms with Crippen molar-refractivity contribution >= 4 is 22.8 Å². The number of carbonyl (C=O) groups is 1. The number of imidazole rings is 2. The Balaban J connectivity index is 1.41. The first-order chi connectivity index (χ1) is 16.1. The van der Waals surface area contributed by atoms with Crippen molar-refractivity contribution < 1.29 is 4.79 Å². The van der Waals surface area contributed by atoms with E-state index in [1.807, 2.05) is 24.3 Å². The van der Waals surface area contributed by atoms with Gasteiger partial charge in [-0.3, -0.25) is 4.90 Å². The molecule has 2 aromatic carbocycles. The van der Waals surface area contributed by atoms with Crippen molar-refractivity contribution in [3.8, 4) is 6.07 Å². The average molecular weight is 441 g/mol. The van der Waals surface area contributed by atoms with Gasteiger partial charge >= 0.3 is 6.03 Å². The fourth-order valence-electron chi connectivity index (χ4n) is 4.38. The van der Waals surface area contributed by atoms with E-state index < -0.39 is 0 Å². The van der Waals surface area contributed by atoms with Crippen LogP contribution in [0, 0.1) is 11.3 Å². The molecule has 9 nitrogen and oxygen atoms in total. The molecule has 0 spiro atoms. The molecule has 1 aliphatic heterocycles. The summed E-state index contributed by atoms with van der Waals surface area (Å²) in [5.74, 6) is 0.904. The number of para-hydroxylation sites is 2. The molecule has 2 amide bonds. The number of amides is 2. The highest BCUT2D eigenvalue weighted by Crippen LogP contribution is 2.31. The Bertz CT molecular complexity index is 1260. The number of nitriles is 1. The molecule has 5 rings (SSSR count). The topological polar surface area (TPSA) is 106 Å². The first kappa shape index (κ1) is 20.7. The second-order valence-corrected chi connectivity index (χ2v) is 8.22. The summed E-state index contributed by atoms with van der Waals surface area (Å²) in [6.07, 6.45) is 6.59. The minimum atomic E-state index is -0.254. The lowest BCUT2D eigenvalue weighted by Crippen LogP contribution is -2.54. The van der Waals surface area contributed by atoms with Gasteiger partial charge in [-0.25, -0.2) is 24.4 Å². The molecular weight excluding hydrogens is 416 g/mol. The third-order valence-corrected chi connectivity index (χ3v) is 6.12. The first-order valence-electron chi connectivity index (χ1n) is 10.9. The van der Waals surface area contributed by atoms with Crippen LogP contribution in [-0.4, -0.2) is 50.2 Å². The number of rotatable bonds is 4. The summed E-state index contributed by atoms with van der Waals surface area (Å²) < 4.78 is 1.73. The number of carbonyl (C=O) groups excluding carboxylic acids is 1. The lowest BCUT2D eigenvalue weighted by molar-refractivity contribution is 0.154. The van der Waals surface area contributed by atoms with Crippen molar-refractivity contribution in [2.24, 2.45) is 0 Å². The summed E-state index contributed by atoms with van der Waals surface area (Å²) in [6.45, 7) is 0.821. The van der Waals surface area contributed by atoms with Crippen molar-refractivity contribution in [3.05, 3.63) is 78.6 Å². The Labute approximate surface area is 191 Å². The van der Waals surface area contributed by atoms with Gasteiger partial charge in [-0.1, -0.05) is 12.1 Å². The molecule has 0 bridgehead atoms. The van der Waals surface area contributed by atoms with Crippen LogP contribution in [0.15, 0.2) is 67.3 Å². The largest absolute Gasteiger partial charge is 0.341 e. The monoisotopic (exact) mass is 440 g/mol. The molecule has 2 aromatic heterocycles. The van der Waals surface area contributed by atoms with Gasteiger partial charge in [-0.15, -0.1) is 0 Å². The average Bonchev–Trinajstić information content (AvgIpc) is 3.51. The second-order valence-electron chi connectivity index (χ2n) is 8.22. The Hall–Kier alpha value is -4.16. The minimum Gasteiger partial charge on any atom is -0.341 e. The highest BCUT2D eigenvalue weighted by atomic mass is 16.2. The van der Waals surface area contributed by atoms with Gasteiger partial charge in [-0.05, 0) is 56.3 Å². The number of hydrogen-bond acceptors (Lipinski definition) is 5. The maximum atomic E-state index is 13.4. The SMILES string of the molecule is CN1CC[C@@H](N(C(=O)Nc2ccc(C#N)cc2)n2ccnc2)C[C@@H]1c1nc2ccccc2[nH]1. The Morgan fingerprint density at radius 2 is 2.06 bits per heavy atom. The van der Waals surface area contributed by atoms with E-state index in [9.17, 15) is 4.79 Å². The smallest absolute Gasteiger partial charge is 0.341 e. The van der Waals surface area contributed by atoms with Crippen LogP contribution < -0.4 is 10.3 Å². The van der Waals surface area contributed by atoms with Gasteiger partial charge < -0.3 is 10.3 Å². The van der Waals surface area contributed by atoms with Gasteiger partial charge in [0, 0.05) is 24.6 Å². The lowest BCUT2D eigenvalue weighted by atomic mass is 9.96. The number of aromatic nitrogens is 4. The molecule has 1 fully saturated rings. The predicted octanol–water partition coefficient (Wildman–Crippen LogP) is 3.64. The molecule has 0 radical (unpaired) electrons. The fourth-order valence-corrected chi connectivity index (χ4v) is 4.38.